The van der Waals surface area contributed by atoms with E-state index in [4.69, 9.17) is 4.74 Å². The van der Waals surface area contributed by atoms with E-state index in [1.807, 2.05) is 0 Å². The van der Waals surface area contributed by atoms with Gasteiger partial charge < -0.3 is 10.1 Å². The van der Waals surface area contributed by atoms with Crippen LogP contribution in [0.15, 0.2) is 58.3 Å². The summed E-state index contributed by atoms with van der Waals surface area (Å²) in [7, 11) is 0.688. The normalized spacial score (nSPS) is 15.4. The predicted octanol–water partition coefficient (Wildman–Crippen LogP) is 2.41. The molecule has 174 valence electrons. The van der Waals surface area contributed by atoms with Gasteiger partial charge in [0, 0.05) is 32.7 Å². The highest BCUT2D eigenvalue weighted by Crippen LogP contribution is 2.32. The quantitative estimate of drug-likeness (QED) is 0.567. The van der Waals surface area contributed by atoms with Gasteiger partial charge >= 0.3 is 0 Å². The van der Waals surface area contributed by atoms with Crippen molar-refractivity contribution in [3.8, 4) is 5.75 Å². The van der Waals surface area contributed by atoms with E-state index in [2.05, 4.69) is 5.32 Å². The van der Waals surface area contributed by atoms with Crippen LogP contribution in [0, 0.1) is 0 Å². The molecule has 1 aliphatic rings. The Labute approximate surface area is 196 Å². The van der Waals surface area contributed by atoms with Crippen molar-refractivity contribution in [1.29, 1.82) is 0 Å². The van der Waals surface area contributed by atoms with Crippen LogP contribution in [0.4, 0.5) is 4.79 Å². The van der Waals surface area contributed by atoms with E-state index in [-0.39, 0.29) is 28.5 Å². The number of imide groups is 1. The molecule has 3 rings (SSSR count). The molecule has 0 bridgehead atoms. The van der Waals surface area contributed by atoms with Crippen LogP contribution in [0.3, 0.4) is 0 Å². The zero-order valence-electron chi connectivity index (χ0n) is 18.3. The SMILES string of the molecule is COc1ccc(C=C2SC(=O)N(CCNC(=O)c3cccc(S(=O)(=O)N(C)C)c3)C2=O)cc1. The number of benzene rings is 2. The average Bonchev–Trinajstić information content (AvgIpc) is 3.06. The second-order valence-electron chi connectivity index (χ2n) is 7.18. The first-order valence-electron chi connectivity index (χ1n) is 9.83. The summed E-state index contributed by atoms with van der Waals surface area (Å²) in [5.74, 6) is -0.262. The van der Waals surface area contributed by atoms with Crippen LogP contribution in [0.5, 0.6) is 5.75 Å². The number of ether oxygens (including phenoxy) is 1. The number of hydrogen-bond acceptors (Lipinski definition) is 7. The monoisotopic (exact) mass is 489 g/mol. The molecule has 2 aromatic rings. The first-order valence-corrected chi connectivity index (χ1v) is 12.1. The van der Waals surface area contributed by atoms with Crippen LogP contribution in [0.1, 0.15) is 15.9 Å². The van der Waals surface area contributed by atoms with Crippen molar-refractivity contribution in [3.63, 3.8) is 0 Å². The van der Waals surface area contributed by atoms with E-state index in [0.717, 1.165) is 26.5 Å². The minimum absolute atomic E-state index is 0.00485. The number of carbonyl (C=O) groups is 3. The molecule has 1 N–H and O–H groups in total. The lowest BCUT2D eigenvalue weighted by Crippen LogP contribution is -2.37. The summed E-state index contributed by atoms with van der Waals surface area (Å²) in [6, 6.07) is 12.7. The van der Waals surface area contributed by atoms with Gasteiger partial charge in [0.15, 0.2) is 0 Å². The van der Waals surface area contributed by atoms with Crippen molar-refractivity contribution >= 4 is 44.9 Å². The summed E-state index contributed by atoms with van der Waals surface area (Å²) in [6.07, 6.45) is 1.62. The Morgan fingerprint density at radius 2 is 1.85 bits per heavy atom. The predicted molar refractivity (Wildman–Crippen MR) is 125 cm³/mol. The second kappa shape index (κ2) is 10.2. The minimum Gasteiger partial charge on any atom is -0.497 e. The first-order chi connectivity index (χ1) is 15.6. The smallest absolute Gasteiger partial charge is 0.293 e. The second-order valence-corrected chi connectivity index (χ2v) is 10.3. The maximum Gasteiger partial charge on any atom is 0.293 e. The zero-order chi connectivity index (χ0) is 24.2. The number of carbonyl (C=O) groups excluding carboxylic acids is 3. The lowest BCUT2D eigenvalue weighted by atomic mass is 10.2. The fourth-order valence-electron chi connectivity index (χ4n) is 2.94. The molecular formula is C22H23N3O6S2. The summed E-state index contributed by atoms with van der Waals surface area (Å²) < 4.78 is 30.7. The van der Waals surface area contributed by atoms with Gasteiger partial charge in [0.25, 0.3) is 17.1 Å². The Kier molecular flexibility index (Phi) is 7.57. The first kappa shape index (κ1) is 24.5. The average molecular weight is 490 g/mol. The van der Waals surface area contributed by atoms with Crippen molar-refractivity contribution in [2.45, 2.75) is 4.90 Å². The van der Waals surface area contributed by atoms with Crippen molar-refractivity contribution < 1.29 is 27.5 Å². The molecule has 0 unspecified atom stereocenters. The number of amides is 3. The highest BCUT2D eigenvalue weighted by molar-refractivity contribution is 8.18. The minimum atomic E-state index is -3.68. The van der Waals surface area contributed by atoms with Gasteiger partial charge in [-0.05, 0) is 53.7 Å². The third kappa shape index (κ3) is 5.62. The summed E-state index contributed by atoms with van der Waals surface area (Å²) in [4.78, 5) is 38.7. The summed E-state index contributed by atoms with van der Waals surface area (Å²) in [6.45, 7) is 0.0173. The molecule has 0 atom stereocenters. The number of sulfonamides is 1. The molecule has 0 aromatic heterocycles. The highest BCUT2D eigenvalue weighted by atomic mass is 32.2. The van der Waals surface area contributed by atoms with Crippen LogP contribution in [-0.2, 0) is 14.8 Å². The Hall–Kier alpha value is -3.15. The third-order valence-corrected chi connectivity index (χ3v) is 7.50. The molecule has 0 aliphatic carbocycles. The van der Waals surface area contributed by atoms with Gasteiger partial charge in [0.05, 0.1) is 16.9 Å². The summed E-state index contributed by atoms with van der Waals surface area (Å²) >= 11 is 0.832. The number of hydrogen-bond donors (Lipinski definition) is 1. The molecular weight excluding hydrogens is 466 g/mol. The van der Waals surface area contributed by atoms with Crippen LogP contribution in [-0.4, -0.2) is 69.0 Å². The standard InChI is InChI=1S/C22H23N3O6S2/c1-24(2)33(29,30)18-6-4-5-16(14-18)20(26)23-11-12-25-21(27)19(32-22(25)28)13-15-7-9-17(31-3)10-8-15/h4-10,13-14H,11-12H2,1-3H3,(H,23,26). The molecule has 1 fully saturated rings. The van der Waals surface area contributed by atoms with Gasteiger partial charge in [-0.3, -0.25) is 19.3 Å². The number of nitrogens with one attached hydrogen (secondary N) is 1. The fraction of sp³-hybridized carbons (Fsp3) is 0.227. The number of thioether (sulfide) groups is 1. The van der Waals surface area contributed by atoms with Gasteiger partial charge in [-0.1, -0.05) is 18.2 Å². The third-order valence-electron chi connectivity index (χ3n) is 4.78. The van der Waals surface area contributed by atoms with E-state index in [9.17, 15) is 22.8 Å². The Bertz CT molecular complexity index is 1210. The molecule has 9 nitrogen and oxygen atoms in total. The van der Waals surface area contributed by atoms with Gasteiger partial charge in [0.1, 0.15) is 5.75 Å². The van der Waals surface area contributed by atoms with Gasteiger partial charge in [-0.25, -0.2) is 12.7 Å². The molecule has 3 amide bonds. The van der Waals surface area contributed by atoms with E-state index in [1.165, 1.54) is 38.4 Å². The van der Waals surface area contributed by atoms with E-state index < -0.39 is 27.1 Å². The largest absolute Gasteiger partial charge is 0.497 e. The molecule has 1 heterocycles. The van der Waals surface area contributed by atoms with Crippen LogP contribution in [0.2, 0.25) is 0 Å². The number of rotatable bonds is 8. The van der Waals surface area contributed by atoms with Crippen molar-refractivity contribution in [2.24, 2.45) is 0 Å². The Balaban J connectivity index is 1.61. The molecule has 11 heteroatoms. The van der Waals surface area contributed by atoms with E-state index in [0.29, 0.717) is 5.75 Å². The maximum absolute atomic E-state index is 12.6. The van der Waals surface area contributed by atoms with Crippen molar-refractivity contribution in [3.05, 3.63) is 64.6 Å². The Morgan fingerprint density at radius 1 is 1.15 bits per heavy atom. The molecule has 2 aromatic carbocycles. The van der Waals surface area contributed by atoms with Gasteiger partial charge in [-0.15, -0.1) is 0 Å². The van der Waals surface area contributed by atoms with E-state index in [1.54, 1.807) is 37.5 Å². The molecule has 1 saturated heterocycles. The maximum atomic E-state index is 12.6. The molecule has 0 radical (unpaired) electrons. The van der Waals surface area contributed by atoms with Crippen molar-refractivity contribution in [2.75, 3.05) is 34.3 Å². The van der Waals surface area contributed by atoms with Gasteiger partial charge in [0.2, 0.25) is 10.0 Å². The fourth-order valence-corrected chi connectivity index (χ4v) is 4.75. The molecule has 1 aliphatic heterocycles. The van der Waals surface area contributed by atoms with Gasteiger partial charge in [-0.2, -0.15) is 0 Å². The van der Waals surface area contributed by atoms with Crippen LogP contribution < -0.4 is 10.1 Å². The lowest BCUT2D eigenvalue weighted by molar-refractivity contribution is -0.122. The lowest BCUT2D eigenvalue weighted by Gasteiger charge is -2.14. The molecule has 0 saturated carbocycles. The Morgan fingerprint density at radius 3 is 2.48 bits per heavy atom. The summed E-state index contributed by atoms with van der Waals surface area (Å²) in [5.41, 5.74) is 0.911. The van der Waals surface area contributed by atoms with Crippen LogP contribution >= 0.6 is 11.8 Å². The topological polar surface area (TPSA) is 113 Å². The van der Waals surface area contributed by atoms with Crippen molar-refractivity contribution in [1.82, 2.24) is 14.5 Å². The molecule has 0 spiro atoms. The van der Waals surface area contributed by atoms with Crippen LogP contribution in [0.25, 0.3) is 6.08 Å². The van der Waals surface area contributed by atoms with E-state index >= 15 is 0 Å². The summed E-state index contributed by atoms with van der Waals surface area (Å²) in [5, 5.41) is 2.19. The number of methoxy groups -OCH3 is 1. The number of nitrogens with zero attached hydrogens (tertiary/aromatic N) is 2. The molecule has 33 heavy (non-hydrogen) atoms. The zero-order valence-corrected chi connectivity index (χ0v) is 19.9. The highest BCUT2D eigenvalue weighted by Gasteiger charge is 2.34.